The second-order valence-electron chi connectivity index (χ2n) is 8.72. The Bertz CT molecular complexity index is 1630. The van der Waals surface area contributed by atoms with Crippen molar-refractivity contribution < 1.29 is 13.2 Å². The van der Waals surface area contributed by atoms with Gasteiger partial charge in [0.25, 0.3) is 15.9 Å². The number of carbonyl (C=O) groups is 1. The third-order valence-electron chi connectivity index (χ3n) is 6.15. The van der Waals surface area contributed by atoms with E-state index in [0.717, 1.165) is 21.3 Å². The number of hydrogen-bond acceptors (Lipinski definition) is 3. The van der Waals surface area contributed by atoms with Crippen LogP contribution in [0.4, 0.5) is 5.69 Å². The minimum atomic E-state index is -3.97. The summed E-state index contributed by atoms with van der Waals surface area (Å²) in [5.74, 6) is -0.213. The number of aryl methyl sites for hydroxylation is 1. The molecule has 1 heterocycles. The van der Waals surface area contributed by atoms with Gasteiger partial charge in [0.2, 0.25) is 0 Å². The zero-order valence-electron chi connectivity index (χ0n) is 20.0. The average molecular weight is 571 g/mol. The zero-order valence-corrected chi connectivity index (χ0v) is 22.4. The maximum absolute atomic E-state index is 14.0. The number of benzene rings is 4. The number of hydrogen-bond donors (Lipinski definition) is 0. The molecule has 0 radical (unpaired) electrons. The second-order valence-corrected chi connectivity index (χ2v) is 11.3. The van der Waals surface area contributed by atoms with E-state index in [4.69, 9.17) is 0 Å². The summed E-state index contributed by atoms with van der Waals surface area (Å²) in [5, 5.41) is 0. The predicted octanol–water partition coefficient (Wildman–Crippen LogP) is 6.67. The highest BCUT2D eigenvalue weighted by molar-refractivity contribution is 9.10. The molecule has 4 aromatic carbocycles. The summed E-state index contributed by atoms with van der Waals surface area (Å²) in [6, 6.07) is 31.2. The number of carbonyl (C=O) groups excluding carboxylic acids is 1. The molecule has 1 amide bonds. The smallest absolute Gasteiger partial charge is 0.282 e. The molecule has 0 aliphatic carbocycles. The van der Waals surface area contributed by atoms with Crippen LogP contribution in [0.1, 0.15) is 22.3 Å². The van der Waals surface area contributed by atoms with Crippen LogP contribution in [0.2, 0.25) is 0 Å². The Balaban J connectivity index is 1.68. The van der Waals surface area contributed by atoms with Crippen molar-refractivity contribution in [2.24, 2.45) is 4.40 Å². The SMILES string of the molecule is Cc1ccc(S(=O)(=O)/N=C\C(=C2/C(=O)N(Cc3ccccc3)c3ccc(Br)cc32)c2ccccc2)cc1. The van der Waals surface area contributed by atoms with Gasteiger partial charge in [-0.15, -0.1) is 0 Å². The van der Waals surface area contributed by atoms with Gasteiger partial charge in [-0.05, 0) is 48.4 Å². The molecule has 37 heavy (non-hydrogen) atoms. The molecular weight excluding hydrogens is 548 g/mol. The Morgan fingerprint density at radius 2 is 1.54 bits per heavy atom. The molecule has 4 aromatic rings. The fraction of sp³-hybridized carbons (Fsp3) is 0.0667. The molecule has 7 heteroatoms. The van der Waals surface area contributed by atoms with Crippen LogP contribution in [0.3, 0.4) is 0 Å². The Labute approximate surface area is 225 Å². The number of allylic oxidation sites excluding steroid dienone is 1. The summed E-state index contributed by atoms with van der Waals surface area (Å²) in [5.41, 5.74) is 4.96. The van der Waals surface area contributed by atoms with Crippen molar-refractivity contribution in [1.82, 2.24) is 0 Å². The molecule has 0 bridgehead atoms. The zero-order chi connectivity index (χ0) is 26.0. The van der Waals surface area contributed by atoms with Gasteiger partial charge in [-0.25, -0.2) is 0 Å². The summed E-state index contributed by atoms with van der Waals surface area (Å²) >= 11 is 3.53. The van der Waals surface area contributed by atoms with Crippen LogP contribution < -0.4 is 4.90 Å². The number of anilines is 1. The molecule has 1 aliphatic heterocycles. The molecule has 0 saturated carbocycles. The first kappa shape index (κ1) is 24.9. The van der Waals surface area contributed by atoms with E-state index >= 15 is 0 Å². The maximum Gasteiger partial charge on any atom is 0.282 e. The molecular formula is C30H23BrN2O3S. The lowest BCUT2D eigenvalue weighted by molar-refractivity contribution is -0.113. The summed E-state index contributed by atoms with van der Waals surface area (Å²) in [7, 11) is -3.97. The van der Waals surface area contributed by atoms with Gasteiger partial charge in [-0.3, -0.25) is 4.79 Å². The summed E-state index contributed by atoms with van der Waals surface area (Å²) in [4.78, 5) is 15.8. The van der Waals surface area contributed by atoms with Crippen LogP contribution in [0.5, 0.6) is 0 Å². The van der Waals surface area contributed by atoms with E-state index in [-0.39, 0.29) is 10.8 Å². The average Bonchev–Trinajstić information content (AvgIpc) is 3.16. The molecule has 0 spiro atoms. The monoisotopic (exact) mass is 570 g/mol. The van der Waals surface area contributed by atoms with E-state index in [1.807, 2.05) is 85.8 Å². The van der Waals surface area contributed by atoms with Gasteiger partial charge >= 0.3 is 0 Å². The third kappa shape index (κ3) is 5.19. The quantitative estimate of drug-likeness (QED) is 0.192. The highest BCUT2D eigenvalue weighted by Crippen LogP contribution is 2.42. The fourth-order valence-corrected chi connectivity index (χ4v) is 5.49. The van der Waals surface area contributed by atoms with E-state index in [0.29, 0.717) is 28.8 Å². The van der Waals surface area contributed by atoms with Gasteiger partial charge in [0.15, 0.2) is 0 Å². The van der Waals surface area contributed by atoms with Crippen LogP contribution >= 0.6 is 15.9 Å². The van der Waals surface area contributed by atoms with Gasteiger partial charge in [0.1, 0.15) is 0 Å². The van der Waals surface area contributed by atoms with Crippen LogP contribution in [0, 0.1) is 6.92 Å². The standard InChI is InChI=1S/C30H23BrN2O3S/c1-21-12-15-25(16-13-21)37(35,36)32-19-27(23-10-6-3-7-11-23)29-26-18-24(31)14-17-28(26)33(30(29)34)20-22-8-4-2-5-9-22/h2-19H,20H2,1H3/b29-27+,32-19-. The number of fused-ring (bicyclic) bond motifs is 1. The van der Waals surface area contributed by atoms with E-state index in [1.54, 1.807) is 17.0 Å². The summed E-state index contributed by atoms with van der Waals surface area (Å²) in [6.45, 7) is 2.28. The van der Waals surface area contributed by atoms with Crippen molar-refractivity contribution in [1.29, 1.82) is 0 Å². The van der Waals surface area contributed by atoms with Gasteiger partial charge in [-0.2, -0.15) is 12.8 Å². The normalized spacial score (nSPS) is 14.8. The number of amides is 1. The molecule has 1 aliphatic rings. The molecule has 5 nitrogen and oxygen atoms in total. The van der Waals surface area contributed by atoms with Crippen LogP contribution in [0.25, 0.3) is 11.1 Å². The van der Waals surface area contributed by atoms with Crippen molar-refractivity contribution in [2.75, 3.05) is 4.90 Å². The first-order valence-corrected chi connectivity index (χ1v) is 13.9. The lowest BCUT2D eigenvalue weighted by Gasteiger charge is -2.17. The first-order chi connectivity index (χ1) is 17.8. The largest absolute Gasteiger partial charge is 0.303 e. The maximum atomic E-state index is 14.0. The van der Waals surface area contributed by atoms with Crippen LogP contribution in [-0.2, 0) is 21.4 Å². The molecule has 184 valence electrons. The predicted molar refractivity (Wildman–Crippen MR) is 152 cm³/mol. The third-order valence-corrected chi connectivity index (χ3v) is 7.90. The van der Waals surface area contributed by atoms with Crippen molar-refractivity contribution in [3.8, 4) is 0 Å². The molecule has 5 rings (SSSR count). The lowest BCUT2D eigenvalue weighted by Crippen LogP contribution is -2.26. The van der Waals surface area contributed by atoms with Crippen molar-refractivity contribution in [3.63, 3.8) is 0 Å². The van der Waals surface area contributed by atoms with E-state index in [1.165, 1.54) is 18.3 Å². The number of rotatable bonds is 6. The summed E-state index contributed by atoms with van der Waals surface area (Å²) in [6.07, 6.45) is 1.30. The molecule has 0 fully saturated rings. The fourth-order valence-electron chi connectivity index (χ4n) is 4.28. The number of halogens is 1. The minimum absolute atomic E-state index is 0.0957. The topological polar surface area (TPSA) is 66.8 Å². The molecule has 0 aromatic heterocycles. The Kier molecular flexibility index (Phi) is 6.91. The molecule has 0 unspecified atom stereocenters. The second kappa shape index (κ2) is 10.3. The van der Waals surface area contributed by atoms with Gasteiger partial charge < -0.3 is 4.90 Å². The Morgan fingerprint density at radius 3 is 2.22 bits per heavy atom. The van der Waals surface area contributed by atoms with E-state index < -0.39 is 10.0 Å². The van der Waals surface area contributed by atoms with E-state index in [2.05, 4.69) is 20.3 Å². The minimum Gasteiger partial charge on any atom is -0.303 e. The Morgan fingerprint density at radius 1 is 0.892 bits per heavy atom. The lowest BCUT2D eigenvalue weighted by atomic mass is 9.96. The summed E-state index contributed by atoms with van der Waals surface area (Å²) < 4.78 is 31.0. The van der Waals surface area contributed by atoms with Crippen LogP contribution in [0.15, 0.2) is 117 Å². The molecule has 0 atom stereocenters. The van der Waals surface area contributed by atoms with Gasteiger partial charge in [-0.1, -0.05) is 94.3 Å². The molecule has 0 N–H and O–H groups in total. The van der Waals surface area contributed by atoms with Crippen molar-refractivity contribution in [2.45, 2.75) is 18.4 Å². The first-order valence-electron chi connectivity index (χ1n) is 11.7. The molecule has 0 saturated heterocycles. The Hall–Kier alpha value is -3.81. The van der Waals surface area contributed by atoms with Crippen LogP contribution in [-0.4, -0.2) is 20.5 Å². The van der Waals surface area contributed by atoms with Gasteiger partial charge in [0.05, 0.1) is 22.7 Å². The highest BCUT2D eigenvalue weighted by Gasteiger charge is 2.35. The van der Waals surface area contributed by atoms with Gasteiger partial charge in [0, 0.05) is 21.8 Å². The van der Waals surface area contributed by atoms with E-state index in [9.17, 15) is 13.2 Å². The van der Waals surface area contributed by atoms with Crippen molar-refractivity contribution in [3.05, 3.63) is 130 Å². The highest BCUT2D eigenvalue weighted by atomic mass is 79.9. The number of nitrogens with zero attached hydrogens (tertiary/aromatic N) is 2. The number of sulfonamides is 1. The van der Waals surface area contributed by atoms with Crippen molar-refractivity contribution >= 4 is 54.9 Å².